The van der Waals surface area contributed by atoms with E-state index < -0.39 is 127 Å². The fraction of sp³-hybridized carbons (Fsp3) is 0.643. The van der Waals surface area contributed by atoms with Crippen molar-refractivity contribution in [1.29, 1.82) is 0 Å². The zero-order chi connectivity index (χ0) is 73.5. The van der Waals surface area contributed by atoms with Crippen molar-refractivity contribution in [2.24, 2.45) is 11.8 Å². The molecule has 9 N–H and O–H groups in total. The number of carboxylic acid groups (broad SMARTS) is 5. The summed E-state index contributed by atoms with van der Waals surface area (Å²) in [6, 6.07) is 7.76. The molecule has 558 valence electrons. The summed E-state index contributed by atoms with van der Waals surface area (Å²) < 4.78 is 0. The van der Waals surface area contributed by atoms with Gasteiger partial charge in [0.05, 0.1) is 50.2 Å². The van der Waals surface area contributed by atoms with Gasteiger partial charge in [0.15, 0.2) is 5.78 Å². The quantitative estimate of drug-likeness (QED) is 0.0581. The summed E-state index contributed by atoms with van der Waals surface area (Å²) in [5.74, 6) is -10.5. The van der Waals surface area contributed by atoms with Gasteiger partial charge in [-0.2, -0.15) is 35.3 Å². The minimum atomic E-state index is -1.72. The predicted octanol–water partition coefficient (Wildman–Crippen LogP) is 2.96. The van der Waals surface area contributed by atoms with Crippen molar-refractivity contribution in [2.45, 2.75) is 164 Å². The van der Waals surface area contributed by atoms with Crippen molar-refractivity contribution in [3.63, 3.8) is 0 Å². The second kappa shape index (κ2) is 43.2. The first-order chi connectivity index (χ1) is 48.3. The Kier molecular flexibility index (Phi) is 35.5. The largest absolute Gasteiger partial charge is 0.481 e. The van der Waals surface area contributed by atoms with Gasteiger partial charge >= 0.3 is 29.8 Å². The summed E-state index contributed by atoms with van der Waals surface area (Å²) in [6.45, 7) is 4.87. The van der Waals surface area contributed by atoms with Gasteiger partial charge in [-0.05, 0) is 86.3 Å². The number of ketones is 3. The number of unbranched alkanes of at least 4 members (excludes halogenated alkanes) is 2. The van der Waals surface area contributed by atoms with E-state index in [-0.39, 0.29) is 146 Å². The van der Waals surface area contributed by atoms with Crippen LogP contribution < -0.4 is 16.0 Å². The van der Waals surface area contributed by atoms with Crippen LogP contribution in [0.5, 0.6) is 0 Å². The molecule has 0 unspecified atom stereocenters. The van der Waals surface area contributed by atoms with Gasteiger partial charge in [0.2, 0.25) is 29.5 Å². The Morgan fingerprint density at radius 1 is 0.564 bits per heavy atom. The highest BCUT2D eigenvalue weighted by molar-refractivity contribution is 7.99. The van der Waals surface area contributed by atoms with Crippen LogP contribution in [0.3, 0.4) is 0 Å². The van der Waals surface area contributed by atoms with E-state index >= 15 is 0 Å². The number of amides is 5. The van der Waals surface area contributed by atoms with Crippen molar-refractivity contribution in [3.05, 3.63) is 70.8 Å². The molecule has 6 rings (SSSR count). The Morgan fingerprint density at radius 3 is 1.64 bits per heavy atom. The third kappa shape index (κ3) is 29.0. The molecule has 2 bridgehead atoms. The molecule has 5 amide bonds. The lowest BCUT2D eigenvalue weighted by molar-refractivity contribution is -0.148. The molecule has 0 aromatic heterocycles. The number of nitrogens with one attached hydrogen (secondary N) is 3. The lowest BCUT2D eigenvalue weighted by Crippen LogP contribution is -2.61. The molecule has 28 nitrogen and oxygen atoms in total. The molecule has 3 fully saturated rings. The van der Waals surface area contributed by atoms with Crippen LogP contribution >= 0.6 is 35.3 Å². The number of thioether (sulfide) groups is 3. The van der Waals surface area contributed by atoms with Gasteiger partial charge in [-0.3, -0.25) is 81.9 Å². The average Bonchev–Trinajstić information content (AvgIpc) is 1.72. The third-order valence-corrected chi connectivity index (χ3v) is 21.8. The number of benzene rings is 2. The maximum Gasteiger partial charge on any atom is 0.317 e. The summed E-state index contributed by atoms with van der Waals surface area (Å²) in [5, 5.41) is 67.9. The predicted molar refractivity (Wildman–Crippen MR) is 380 cm³/mol. The van der Waals surface area contributed by atoms with E-state index in [0.717, 1.165) is 29.5 Å². The van der Waals surface area contributed by atoms with Crippen LogP contribution in [-0.2, 0) is 86.0 Å². The van der Waals surface area contributed by atoms with Crippen LogP contribution in [0.1, 0.15) is 126 Å². The Hall–Kier alpha value is -7.00. The third-order valence-electron chi connectivity index (χ3n) is 18.4. The summed E-state index contributed by atoms with van der Waals surface area (Å²) in [7, 11) is 0. The Labute approximate surface area is 602 Å². The Bertz CT molecular complexity index is 3140. The van der Waals surface area contributed by atoms with Crippen LogP contribution in [0.2, 0.25) is 0 Å². The second-order valence-electron chi connectivity index (χ2n) is 26.6. The van der Waals surface area contributed by atoms with E-state index in [1.807, 2.05) is 30.0 Å². The molecule has 2 aromatic carbocycles. The lowest BCUT2D eigenvalue weighted by atomic mass is 9.95. The number of carbonyl (C=O) groups excluding carboxylic acids is 8. The summed E-state index contributed by atoms with van der Waals surface area (Å²) in [4.78, 5) is 185. The monoisotopic (exact) mass is 1470 g/mol. The number of hydrogen-bond acceptors (Lipinski definition) is 21. The molecule has 0 aliphatic carbocycles. The van der Waals surface area contributed by atoms with Crippen molar-refractivity contribution in [2.75, 3.05) is 109 Å². The maximum absolute atomic E-state index is 15.0. The SMILES string of the molecule is CCCCCC(=O)C[C@H]1CSCc2cc(CSCCCC(=O)CN3CCN(CC(=O)O)CCN(CC(=O)O)CCN(CC(=O)O)CC3)cc(c2)CSC[C@@H](C(=O)O)CC(=O)[C@H](Cc2ccccc2)NC(=O)[C@H](CCC(=O)O)NC(=O)[C@H]([C@@H](C)O)NC(=O)[C@@H]2CCCN2C(=O)[C@@H]2CCCN2C1=O. The molecule has 4 aliphatic rings. The molecule has 0 spiro atoms. The van der Waals surface area contributed by atoms with Gasteiger partial charge in [-0.1, -0.05) is 68.3 Å². The molecule has 4 heterocycles. The van der Waals surface area contributed by atoms with Gasteiger partial charge in [0, 0.05) is 126 Å². The molecule has 8 atom stereocenters. The van der Waals surface area contributed by atoms with Crippen molar-refractivity contribution in [3.8, 4) is 0 Å². The number of aliphatic hydroxyl groups is 1. The van der Waals surface area contributed by atoms with E-state index in [0.29, 0.717) is 67.3 Å². The van der Waals surface area contributed by atoms with Crippen molar-refractivity contribution >= 4 is 112 Å². The fourth-order valence-electron chi connectivity index (χ4n) is 13.0. The van der Waals surface area contributed by atoms with Crippen molar-refractivity contribution < 1.29 is 93.0 Å². The van der Waals surface area contributed by atoms with Gasteiger partial charge in [0.1, 0.15) is 35.7 Å². The Morgan fingerprint density at radius 2 is 1.10 bits per heavy atom. The zero-order valence-corrected chi connectivity index (χ0v) is 60.3. The number of fused-ring (bicyclic) bond motifs is 4. The highest BCUT2D eigenvalue weighted by Gasteiger charge is 2.45. The number of hydrogen-bond donors (Lipinski definition) is 9. The molecule has 101 heavy (non-hydrogen) atoms. The minimum Gasteiger partial charge on any atom is -0.481 e. The van der Waals surface area contributed by atoms with E-state index in [1.54, 1.807) is 56.8 Å². The number of aliphatic carboxylic acids is 5. The van der Waals surface area contributed by atoms with Crippen LogP contribution in [0.4, 0.5) is 0 Å². The summed E-state index contributed by atoms with van der Waals surface area (Å²) in [6.07, 6.45) is 1.26. The first kappa shape index (κ1) is 83.0. The van der Waals surface area contributed by atoms with E-state index in [2.05, 4.69) is 16.0 Å². The smallest absolute Gasteiger partial charge is 0.317 e. The average molecular weight is 1470 g/mol. The molecule has 4 aliphatic heterocycles. The molecule has 2 aromatic rings. The molecule has 31 heteroatoms. The van der Waals surface area contributed by atoms with Crippen LogP contribution in [0, 0.1) is 11.8 Å². The molecular weight excluding hydrogens is 1370 g/mol. The first-order valence-electron chi connectivity index (χ1n) is 34.9. The van der Waals surface area contributed by atoms with E-state index in [1.165, 1.54) is 40.2 Å². The standard InChI is InChI=1S/C70H101N9O19S3/c1-3-4-6-14-53(81)35-51-44-100-42-49-31-48(41-99-30-11-15-54(82)37-74-22-24-75(38-61(86)87)26-28-77(40-63(90)91)29-27-76(25-23-74)39-62(88)89)32-50(33-49)43-101-45-52(70(97)98)36-59(83)56(34-47-12-7-5-8-13-47)72-65(92)55(18-19-60(84)85)71-67(94)64(46(2)80)73-66(93)57-16-9-20-78(57)69(96)58-17-10-21-79(58)68(51)95/h5,7-8,12-13,31-33,46,51-52,55-58,64,80H,3-4,6,9-11,14-30,34-45H2,1-2H3,(H,71,94)(H,72,92)(H,73,93)(H,84,85)(H,86,87)(H,88,89)(H,90,91)(H,97,98)/t46-,51+,52+,55+,56+,57+,58+,64+/m1/s1. The zero-order valence-electron chi connectivity index (χ0n) is 57.9. The maximum atomic E-state index is 15.0. The van der Waals surface area contributed by atoms with Crippen LogP contribution in [-0.4, -0.2) is 282 Å². The Balaban J connectivity index is 1.26. The van der Waals surface area contributed by atoms with Crippen LogP contribution in [0.25, 0.3) is 0 Å². The van der Waals surface area contributed by atoms with Gasteiger partial charge in [0.25, 0.3) is 0 Å². The molecular formula is C70H101N9O19S3. The number of carboxylic acids is 5. The number of Topliss-reactive ketones (excluding diaryl/α,β-unsaturated/α-hetero) is 3. The first-order valence-corrected chi connectivity index (χ1v) is 38.4. The second-order valence-corrected chi connectivity index (χ2v) is 29.8. The van der Waals surface area contributed by atoms with Gasteiger partial charge < -0.3 is 56.4 Å². The molecule has 3 saturated heterocycles. The molecule has 0 saturated carbocycles. The summed E-state index contributed by atoms with van der Waals surface area (Å²) in [5.41, 5.74) is 3.19. The number of rotatable bonds is 27. The number of carbonyl (C=O) groups is 13. The number of aliphatic hydroxyl groups excluding tert-OH is 1. The highest BCUT2D eigenvalue weighted by Crippen LogP contribution is 2.31. The topological polar surface area (TPSA) is 399 Å². The highest BCUT2D eigenvalue weighted by atomic mass is 32.2. The van der Waals surface area contributed by atoms with Crippen molar-refractivity contribution in [1.82, 2.24) is 45.3 Å². The fourth-order valence-corrected chi connectivity index (χ4v) is 16.0. The minimum absolute atomic E-state index is 0.0411. The normalized spacial score (nSPS) is 23.5. The van der Waals surface area contributed by atoms with Crippen LogP contribution in [0.15, 0.2) is 48.5 Å². The summed E-state index contributed by atoms with van der Waals surface area (Å²) >= 11 is 4.31. The lowest BCUT2D eigenvalue weighted by Gasteiger charge is -2.33. The molecule has 0 radical (unpaired) electrons. The number of nitrogens with zero attached hydrogens (tertiary/aromatic N) is 6. The van der Waals surface area contributed by atoms with E-state index in [9.17, 15) is 93.0 Å². The van der Waals surface area contributed by atoms with E-state index in [4.69, 9.17) is 0 Å². The van der Waals surface area contributed by atoms with Gasteiger partial charge in [-0.25, -0.2) is 0 Å². The van der Waals surface area contributed by atoms with Gasteiger partial charge in [-0.15, -0.1) is 0 Å².